The number of nitrogens with one attached hydrogen (secondary N) is 1. The summed E-state index contributed by atoms with van der Waals surface area (Å²) < 4.78 is 0. The van der Waals surface area contributed by atoms with Gasteiger partial charge in [-0.1, -0.05) is 15.9 Å². The van der Waals surface area contributed by atoms with Crippen molar-refractivity contribution in [3.63, 3.8) is 0 Å². The Morgan fingerprint density at radius 2 is 2.38 bits per heavy atom. The lowest BCUT2D eigenvalue weighted by atomic mass is 10.3. The molecule has 0 aromatic carbocycles. The summed E-state index contributed by atoms with van der Waals surface area (Å²) in [5.74, 6) is -0.0592. The van der Waals surface area contributed by atoms with E-state index in [0.717, 1.165) is 11.4 Å². The molecule has 0 radical (unpaired) electrons. The van der Waals surface area contributed by atoms with Gasteiger partial charge in [-0.2, -0.15) is 0 Å². The fraction of sp³-hybridized carbons (Fsp3) is 0.333. The smallest absolute Gasteiger partial charge is 0.237 e. The van der Waals surface area contributed by atoms with Gasteiger partial charge in [0, 0.05) is 6.20 Å². The fourth-order valence-electron chi connectivity index (χ4n) is 0.849. The first-order valence-corrected chi connectivity index (χ1v) is 4.89. The Morgan fingerprint density at radius 1 is 1.69 bits per heavy atom. The molecule has 0 spiro atoms. The molecule has 1 atom stereocenters. The minimum absolute atomic E-state index is 0.0592. The number of carbonyl (C=O) groups is 1. The van der Waals surface area contributed by atoms with E-state index in [2.05, 4.69) is 26.2 Å². The molecular formula is C9H11BrN2O. The number of carbonyl (C=O) groups excluding carboxylic acids is 1. The van der Waals surface area contributed by atoms with Crippen molar-refractivity contribution in [3.8, 4) is 0 Å². The summed E-state index contributed by atoms with van der Waals surface area (Å²) in [6, 6.07) is 3.62. The van der Waals surface area contributed by atoms with E-state index in [4.69, 9.17) is 0 Å². The Hall–Kier alpha value is -0.900. The SMILES string of the molecule is Cc1ncccc1NC(=O)C(C)Br. The fourth-order valence-corrected chi connectivity index (χ4v) is 0.963. The maximum atomic E-state index is 11.3. The molecule has 0 saturated heterocycles. The first-order valence-electron chi connectivity index (χ1n) is 3.98. The molecular weight excluding hydrogens is 232 g/mol. The third-order valence-corrected chi connectivity index (χ3v) is 2.04. The van der Waals surface area contributed by atoms with Crippen molar-refractivity contribution in [1.82, 2.24) is 4.98 Å². The number of hydrogen-bond acceptors (Lipinski definition) is 2. The summed E-state index contributed by atoms with van der Waals surface area (Å²) >= 11 is 3.19. The molecule has 1 unspecified atom stereocenters. The van der Waals surface area contributed by atoms with Crippen LogP contribution in [-0.2, 0) is 4.79 Å². The minimum Gasteiger partial charge on any atom is -0.324 e. The first-order chi connectivity index (χ1) is 6.11. The molecule has 0 aliphatic carbocycles. The molecule has 0 aliphatic rings. The van der Waals surface area contributed by atoms with Crippen LogP contribution in [0.15, 0.2) is 18.3 Å². The number of rotatable bonds is 2. The van der Waals surface area contributed by atoms with Crippen LogP contribution >= 0.6 is 15.9 Å². The maximum Gasteiger partial charge on any atom is 0.237 e. The van der Waals surface area contributed by atoms with Crippen molar-refractivity contribution < 1.29 is 4.79 Å². The summed E-state index contributed by atoms with van der Waals surface area (Å²) in [5.41, 5.74) is 1.59. The second-order valence-electron chi connectivity index (χ2n) is 2.74. The van der Waals surface area contributed by atoms with E-state index >= 15 is 0 Å². The van der Waals surface area contributed by atoms with Gasteiger partial charge >= 0.3 is 0 Å². The number of alkyl halides is 1. The second-order valence-corrected chi connectivity index (χ2v) is 4.12. The Morgan fingerprint density at radius 3 is 2.92 bits per heavy atom. The van der Waals surface area contributed by atoms with Crippen LogP contribution in [0.1, 0.15) is 12.6 Å². The standard InChI is InChI=1S/C9H11BrN2O/c1-6(10)9(13)12-8-4-3-5-11-7(8)2/h3-6H,1-2H3,(H,12,13). The van der Waals surface area contributed by atoms with Crippen molar-refractivity contribution >= 4 is 27.5 Å². The van der Waals surface area contributed by atoms with Gasteiger partial charge in [-0.05, 0) is 26.0 Å². The minimum atomic E-state index is -0.188. The molecule has 3 nitrogen and oxygen atoms in total. The molecule has 4 heteroatoms. The van der Waals surface area contributed by atoms with E-state index in [-0.39, 0.29) is 10.7 Å². The van der Waals surface area contributed by atoms with Crippen molar-refractivity contribution in [2.45, 2.75) is 18.7 Å². The van der Waals surface area contributed by atoms with Crippen LogP contribution in [-0.4, -0.2) is 15.7 Å². The molecule has 1 aromatic heterocycles. The van der Waals surface area contributed by atoms with Crippen LogP contribution < -0.4 is 5.32 Å². The van der Waals surface area contributed by atoms with Gasteiger partial charge in [-0.25, -0.2) is 0 Å². The maximum absolute atomic E-state index is 11.3. The van der Waals surface area contributed by atoms with Crippen LogP contribution in [0, 0.1) is 6.92 Å². The zero-order valence-electron chi connectivity index (χ0n) is 7.54. The number of amides is 1. The third-order valence-electron chi connectivity index (χ3n) is 1.63. The van der Waals surface area contributed by atoms with Crippen molar-refractivity contribution in [2.24, 2.45) is 0 Å². The molecule has 13 heavy (non-hydrogen) atoms. The molecule has 1 N–H and O–H groups in total. The van der Waals surface area contributed by atoms with Gasteiger partial charge < -0.3 is 5.32 Å². The van der Waals surface area contributed by atoms with Gasteiger partial charge in [0.15, 0.2) is 0 Å². The summed E-state index contributed by atoms with van der Waals surface area (Å²) in [5, 5.41) is 2.76. The van der Waals surface area contributed by atoms with Gasteiger partial charge in [0.2, 0.25) is 5.91 Å². The highest BCUT2D eigenvalue weighted by Crippen LogP contribution is 2.11. The first kappa shape index (κ1) is 10.2. The average molecular weight is 243 g/mol. The Labute approximate surface area is 85.7 Å². The van der Waals surface area contributed by atoms with Gasteiger partial charge in [0.25, 0.3) is 0 Å². The lowest BCUT2D eigenvalue weighted by Crippen LogP contribution is -2.20. The van der Waals surface area contributed by atoms with E-state index in [9.17, 15) is 4.79 Å². The number of anilines is 1. The van der Waals surface area contributed by atoms with Crippen LogP contribution in [0.25, 0.3) is 0 Å². The average Bonchev–Trinajstić information content (AvgIpc) is 2.08. The van der Waals surface area contributed by atoms with E-state index in [0.29, 0.717) is 0 Å². The van der Waals surface area contributed by atoms with E-state index < -0.39 is 0 Å². The molecule has 1 aromatic rings. The number of halogens is 1. The molecule has 0 aliphatic heterocycles. The predicted molar refractivity (Wildman–Crippen MR) is 56.0 cm³/mol. The predicted octanol–water partition coefficient (Wildman–Crippen LogP) is 2.11. The zero-order chi connectivity index (χ0) is 9.84. The number of pyridine rings is 1. The summed E-state index contributed by atoms with van der Waals surface area (Å²) in [6.45, 7) is 3.63. The Bertz CT molecular complexity index is 312. The third kappa shape index (κ3) is 2.81. The van der Waals surface area contributed by atoms with Gasteiger partial charge in [0.05, 0.1) is 16.2 Å². The van der Waals surface area contributed by atoms with Gasteiger partial charge in [0.1, 0.15) is 0 Å². The summed E-state index contributed by atoms with van der Waals surface area (Å²) in [7, 11) is 0. The molecule has 0 fully saturated rings. The highest BCUT2D eigenvalue weighted by molar-refractivity contribution is 9.10. The summed E-state index contributed by atoms with van der Waals surface area (Å²) in [4.78, 5) is 15.2. The van der Waals surface area contributed by atoms with E-state index in [1.165, 1.54) is 0 Å². The summed E-state index contributed by atoms with van der Waals surface area (Å²) in [6.07, 6.45) is 1.70. The van der Waals surface area contributed by atoms with Crippen LogP contribution in [0.4, 0.5) is 5.69 Å². The Kier molecular flexibility index (Phi) is 3.42. The quantitative estimate of drug-likeness (QED) is 0.808. The molecule has 1 heterocycles. The Balaban J connectivity index is 2.75. The number of aromatic nitrogens is 1. The van der Waals surface area contributed by atoms with Crippen molar-refractivity contribution in [1.29, 1.82) is 0 Å². The normalized spacial score (nSPS) is 12.2. The molecule has 0 saturated carbocycles. The van der Waals surface area contributed by atoms with Gasteiger partial charge in [-0.15, -0.1) is 0 Å². The number of aryl methyl sites for hydroxylation is 1. The van der Waals surface area contributed by atoms with Crippen LogP contribution in [0.5, 0.6) is 0 Å². The largest absolute Gasteiger partial charge is 0.324 e. The monoisotopic (exact) mass is 242 g/mol. The highest BCUT2D eigenvalue weighted by atomic mass is 79.9. The van der Waals surface area contributed by atoms with Gasteiger partial charge in [-0.3, -0.25) is 9.78 Å². The number of nitrogens with zero attached hydrogens (tertiary/aromatic N) is 1. The van der Waals surface area contributed by atoms with Crippen molar-refractivity contribution in [2.75, 3.05) is 5.32 Å². The second kappa shape index (κ2) is 4.37. The molecule has 1 amide bonds. The van der Waals surface area contributed by atoms with Crippen LogP contribution in [0.3, 0.4) is 0 Å². The molecule has 0 bridgehead atoms. The molecule has 70 valence electrons. The van der Waals surface area contributed by atoms with Crippen molar-refractivity contribution in [3.05, 3.63) is 24.0 Å². The topological polar surface area (TPSA) is 42.0 Å². The highest BCUT2D eigenvalue weighted by Gasteiger charge is 2.09. The zero-order valence-corrected chi connectivity index (χ0v) is 9.13. The lowest BCUT2D eigenvalue weighted by molar-refractivity contribution is -0.115. The van der Waals surface area contributed by atoms with E-state index in [1.54, 1.807) is 19.2 Å². The number of hydrogen-bond donors (Lipinski definition) is 1. The van der Waals surface area contributed by atoms with Crippen LogP contribution in [0.2, 0.25) is 0 Å². The molecule has 1 rings (SSSR count). The van der Waals surface area contributed by atoms with E-state index in [1.807, 2.05) is 13.0 Å². The lowest BCUT2D eigenvalue weighted by Gasteiger charge is -2.07.